The molecule has 0 N–H and O–H groups in total. The van der Waals surface area contributed by atoms with Crippen molar-refractivity contribution in [1.82, 2.24) is 0 Å². The zero-order valence-corrected chi connectivity index (χ0v) is 7.71. The maximum atomic E-state index is 8.67. The molecule has 1 heteroatoms. The molecule has 66 valence electrons. The minimum absolute atomic E-state index is 0.573. The number of rotatable bonds is 1. The molecule has 1 aromatic carbocycles. The van der Waals surface area contributed by atoms with Crippen LogP contribution in [0.25, 0.3) is 0 Å². The van der Waals surface area contributed by atoms with Crippen LogP contribution in [-0.2, 0) is 19.3 Å². The fourth-order valence-corrected chi connectivity index (χ4v) is 2.11. The van der Waals surface area contributed by atoms with Crippen LogP contribution in [0.5, 0.6) is 0 Å². The largest absolute Gasteiger partial charge is 0.198 e. The van der Waals surface area contributed by atoms with Gasteiger partial charge in [-0.3, -0.25) is 0 Å². The lowest BCUT2D eigenvalue weighted by Gasteiger charge is -2.17. The van der Waals surface area contributed by atoms with Crippen molar-refractivity contribution < 1.29 is 0 Å². The zero-order valence-electron chi connectivity index (χ0n) is 7.71. The first kappa shape index (κ1) is 8.31. The molecule has 0 fully saturated rings. The van der Waals surface area contributed by atoms with Crippen LogP contribution < -0.4 is 0 Å². The molecule has 1 nitrogen and oxygen atoms in total. The average molecular weight is 171 g/mol. The van der Waals surface area contributed by atoms with Crippen LogP contribution in [0.2, 0.25) is 0 Å². The Labute approximate surface area is 79.0 Å². The summed E-state index contributed by atoms with van der Waals surface area (Å²) in [6.45, 7) is 0. The zero-order chi connectivity index (χ0) is 9.10. The second-order valence-corrected chi connectivity index (χ2v) is 3.60. The van der Waals surface area contributed by atoms with Crippen LogP contribution in [0.4, 0.5) is 0 Å². The average Bonchev–Trinajstić information content (AvgIpc) is 2.19. The maximum absolute atomic E-state index is 8.67. The highest BCUT2D eigenvalue weighted by atomic mass is 14.2. The predicted molar refractivity (Wildman–Crippen MR) is 52.4 cm³/mol. The molecule has 0 bridgehead atoms. The van der Waals surface area contributed by atoms with E-state index in [0.717, 1.165) is 0 Å². The molecule has 0 unspecified atom stereocenters. The summed E-state index contributed by atoms with van der Waals surface area (Å²) in [5, 5.41) is 8.67. The molecule has 0 heterocycles. The summed E-state index contributed by atoms with van der Waals surface area (Å²) in [4.78, 5) is 0. The highest BCUT2D eigenvalue weighted by Gasteiger charge is 2.11. The summed E-state index contributed by atoms with van der Waals surface area (Å²) in [5.74, 6) is 0. The van der Waals surface area contributed by atoms with Gasteiger partial charge in [0, 0.05) is 0 Å². The lowest BCUT2D eigenvalue weighted by Crippen LogP contribution is -2.05. The third kappa shape index (κ3) is 1.58. The first-order valence-electron chi connectivity index (χ1n) is 4.88. The van der Waals surface area contributed by atoms with Crippen LogP contribution in [0.15, 0.2) is 18.2 Å². The Morgan fingerprint density at radius 3 is 2.92 bits per heavy atom. The Balaban J connectivity index is 2.41. The van der Waals surface area contributed by atoms with Gasteiger partial charge < -0.3 is 0 Å². The fraction of sp³-hybridized carbons (Fsp3) is 0.417. The molecule has 0 atom stereocenters. The maximum Gasteiger partial charge on any atom is 0.0669 e. The van der Waals surface area contributed by atoms with E-state index < -0.39 is 0 Å². The number of nitriles is 1. The lowest BCUT2D eigenvalue weighted by molar-refractivity contribution is 0.680. The quantitative estimate of drug-likeness (QED) is 0.637. The third-order valence-corrected chi connectivity index (χ3v) is 2.76. The van der Waals surface area contributed by atoms with Gasteiger partial charge in [0.05, 0.1) is 12.5 Å². The Morgan fingerprint density at radius 2 is 2.08 bits per heavy atom. The van der Waals surface area contributed by atoms with Crippen molar-refractivity contribution in [3.05, 3.63) is 34.9 Å². The van der Waals surface area contributed by atoms with E-state index in [4.69, 9.17) is 5.26 Å². The van der Waals surface area contributed by atoms with E-state index in [1.54, 1.807) is 0 Å². The summed E-state index contributed by atoms with van der Waals surface area (Å²) in [6, 6.07) is 8.61. The van der Waals surface area contributed by atoms with Gasteiger partial charge >= 0.3 is 0 Å². The van der Waals surface area contributed by atoms with Gasteiger partial charge in [-0.25, -0.2) is 0 Å². The lowest BCUT2D eigenvalue weighted by atomic mass is 9.87. The van der Waals surface area contributed by atoms with Crippen molar-refractivity contribution in [1.29, 1.82) is 5.26 Å². The third-order valence-electron chi connectivity index (χ3n) is 2.76. The monoisotopic (exact) mass is 171 g/mol. The molecule has 1 aromatic rings. The molecule has 2 rings (SSSR count). The van der Waals surface area contributed by atoms with E-state index in [-0.39, 0.29) is 0 Å². The van der Waals surface area contributed by atoms with E-state index >= 15 is 0 Å². The molecule has 0 aromatic heterocycles. The first-order chi connectivity index (χ1) is 6.42. The number of hydrogen-bond donors (Lipinski definition) is 0. The first-order valence-corrected chi connectivity index (χ1v) is 4.88. The number of aryl methyl sites for hydroxylation is 1. The second-order valence-electron chi connectivity index (χ2n) is 3.60. The molecule has 1 aliphatic carbocycles. The van der Waals surface area contributed by atoms with E-state index in [9.17, 15) is 0 Å². The fourth-order valence-electron chi connectivity index (χ4n) is 2.11. The highest BCUT2D eigenvalue weighted by Crippen LogP contribution is 2.24. The van der Waals surface area contributed by atoms with Crippen LogP contribution in [0.3, 0.4) is 0 Å². The van der Waals surface area contributed by atoms with Crippen molar-refractivity contribution in [3.63, 3.8) is 0 Å². The number of fused-ring (bicyclic) bond motifs is 1. The molecule has 1 aliphatic rings. The van der Waals surface area contributed by atoms with Gasteiger partial charge in [0.25, 0.3) is 0 Å². The molecule has 0 spiro atoms. The van der Waals surface area contributed by atoms with Gasteiger partial charge in [0.15, 0.2) is 0 Å². The van der Waals surface area contributed by atoms with Gasteiger partial charge in [-0.05, 0) is 42.4 Å². The van der Waals surface area contributed by atoms with Crippen molar-refractivity contribution in [2.75, 3.05) is 0 Å². The summed E-state index contributed by atoms with van der Waals surface area (Å²) in [6.07, 6.45) is 5.55. The highest BCUT2D eigenvalue weighted by molar-refractivity contribution is 5.38. The Hall–Kier alpha value is -1.29. The number of hydrogen-bond acceptors (Lipinski definition) is 1. The van der Waals surface area contributed by atoms with Crippen molar-refractivity contribution in [3.8, 4) is 6.07 Å². The summed E-state index contributed by atoms with van der Waals surface area (Å²) in [7, 11) is 0. The summed E-state index contributed by atoms with van der Waals surface area (Å²) in [5.41, 5.74) is 4.18. The van der Waals surface area contributed by atoms with Crippen LogP contribution in [0.1, 0.15) is 29.5 Å². The molecule has 13 heavy (non-hydrogen) atoms. The molecule has 0 amide bonds. The van der Waals surface area contributed by atoms with Gasteiger partial charge in [-0.15, -0.1) is 0 Å². The smallest absolute Gasteiger partial charge is 0.0669 e. The number of benzene rings is 1. The Bertz CT molecular complexity index is 347. The van der Waals surface area contributed by atoms with Crippen LogP contribution in [0, 0.1) is 11.3 Å². The van der Waals surface area contributed by atoms with Gasteiger partial charge in [0.2, 0.25) is 0 Å². The minimum atomic E-state index is 0.573. The predicted octanol–water partition coefficient (Wildman–Crippen LogP) is 2.63. The second kappa shape index (κ2) is 3.62. The molecule has 0 saturated carbocycles. The van der Waals surface area contributed by atoms with Gasteiger partial charge in [0.1, 0.15) is 0 Å². The van der Waals surface area contributed by atoms with E-state index in [2.05, 4.69) is 24.3 Å². The summed E-state index contributed by atoms with van der Waals surface area (Å²) >= 11 is 0. The van der Waals surface area contributed by atoms with Crippen molar-refractivity contribution >= 4 is 0 Å². The van der Waals surface area contributed by atoms with E-state index in [0.29, 0.717) is 6.42 Å². The molecular weight excluding hydrogens is 158 g/mol. The van der Waals surface area contributed by atoms with E-state index in [1.165, 1.54) is 42.4 Å². The number of nitrogens with zero attached hydrogens (tertiary/aromatic N) is 1. The van der Waals surface area contributed by atoms with E-state index in [1.807, 2.05) is 0 Å². The summed E-state index contributed by atoms with van der Waals surface area (Å²) < 4.78 is 0. The van der Waals surface area contributed by atoms with Crippen LogP contribution in [-0.4, -0.2) is 0 Å². The van der Waals surface area contributed by atoms with Crippen LogP contribution >= 0.6 is 0 Å². The topological polar surface area (TPSA) is 23.8 Å². The molecule has 0 saturated heterocycles. The van der Waals surface area contributed by atoms with Crippen molar-refractivity contribution in [2.24, 2.45) is 0 Å². The Morgan fingerprint density at radius 1 is 1.23 bits per heavy atom. The minimum Gasteiger partial charge on any atom is -0.198 e. The normalized spacial score (nSPS) is 14.7. The Kier molecular flexibility index (Phi) is 2.31. The molecule has 0 radical (unpaired) electrons. The SMILES string of the molecule is N#CCc1cccc2c1CCCC2. The standard InChI is InChI=1S/C12H13N/c13-9-8-11-6-3-5-10-4-1-2-7-12(10)11/h3,5-6H,1-2,4,7-8H2. The molecular formula is C12H13N. The van der Waals surface area contributed by atoms with Gasteiger partial charge in [-0.1, -0.05) is 18.2 Å². The molecule has 0 aliphatic heterocycles. The van der Waals surface area contributed by atoms with Crippen molar-refractivity contribution in [2.45, 2.75) is 32.1 Å². The van der Waals surface area contributed by atoms with Gasteiger partial charge in [-0.2, -0.15) is 5.26 Å².